The lowest BCUT2D eigenvalue weighted by molar-refractivity contribution is -0.0942. The fourth-order valence-electron chi connectivity index (χ4n) is 4.54. The first-order valence-corrected chi connectivity index (χ1v) is 10.5. The van der Waals surface area contributed by atoms with Crippen molar-refractivity contribution in [2.45, 2.75) is 57.3 Å². The van der Waals surface area contributed by atoms with Gasteiger partial charge in [0.25, 0.3) is 0 Å². The Morgan fingerprint density at radius 1 is 0.893 bits per heavy atom. The summed E-state index contributed by atoms with van der Waals surface area (Å²) < 4.78 is 12.1. The standard InChI is InChI=1S/C25H35NO2/c1-19(2)21-12-14-22(15-13-21)24(27-4)20(3)26-17-9-16-25(18-26,28-5)23-10-7-6-8-11-23/h6-8,10-15,19-20,24H,9,16-18H2,1-5H3. The van der Waals surface area contributed by atoms with Gasteiger partial charge in [-0.05, 0) is 48.9 Å². The number of nitrogens with zero attached hydrogens (tertiary/aromatic N) is 1. The summed E-state index contributed by atoms with van der Waals surface area (Å²) in [5.74, 6) is 0.544. The van der Waals surface area contributed by atoms with E-state index in [1.165, 1.54) is 16.7 Å². The highest BCUT2D eigenvalue weighted by Crippen LogP contribution is 2.37. The van der Waals surface area contributed by atoms with Crippen LogP contribution in [0.1, 0.15) is 62.3 Å². The van der Waals surface area contributed by atoms with Gasteiger partial charge < -0.3 is 9.47 Å². The Labute approximate surface area is 170 Å². The zero-order valence-corrected chi connectivity index (χ0v) is 18.0. The van der Waals surface area contributed by atoms with Gasteiger partial charge in [-0.1, -0.05) is 68.4 Å². The first-order chi connectivity index (χ1) is 13.5. The second kappa shape index (κ2) is 9.21. The van der Waals surface area contributed by atoms with Crippen molar-refractivity contribution in [1.82, 2.24) is 4.90 Å². The highest BCUT2D eigenvalue weighted by molar-refractivity contribution is 5.28. The topological polar surface area (TPSA) is 21.7 Å². The minimum atomic E-state index is -0.242. The third kappa shape index (κ3) is 4.32. The zero-order chi connectivity index (χ0) is 20.1. The lowest BCUT2D eigenvalue weighted by Crippen LogP contribution is -2.52. The molecule has 2 aromatic rings. The molecule has 1 aliphatic heterocycles. The van der Waals surface area contributed by atoms with Crippen LogP contribution >= 0.6 is 0 Å². The number of likely N-dealkylation sites (tertiary alicyclic amines) is 1. The Kier molecular flexibility index (Phi) is 6.92. The molecule has 0 aromatic heterocycles. The van der Waals surface area contributed by atoms with Crippen LogP contribution in [0.3, 0.4) is 0 Å². The number of piperidine rings is 1. The molecule has 1 saturated heterocycles. The van der Waals surface area contributed by atoms with Crippen LogP contribution in [0, 0.1) is 0 Å². The summed E-state index contributed by atoms with van der Waals surface area (Å²) >= 11 is 0. The summed E-state index contributed by atoms with van der Waals surface area (Å²) in [5.41, 5.74) is 3.64. The van der Waals surface area contributed by atoms with E-state index in [1.54, 1.807) is 0 Å². The first-order valence-electron chi connectivity index (χ1n) is 10.5. The van der Waals surface area contributed by atoms with E-state index in [0.717, 1.165) is 25.9 Å². The Morgan fingerprint density at radius 2 is 1.54 bits per heavy atom. The van der Waals surface area contributed by atoms with Crippen LogP contribution in [0.4, 0.5) is 0 Å². The maximum absolute atomic E-state index is 6.12. The number of benzene rings is 2. The van der Waals surface area contributed by atoms with Gasteiger partial charge in [0.2, 0.25) is 0 Å². The molecule has 3 heteroatoms. The molecular formula is C25H35NO2. The average Bonchev–Trinajstić information content (AvgIpc) is 2.75. The van der Waals surface area contributed by atoms with Gasteiger partial charge in [0.05, 0.1) is 6.10 Å². The fraction of sp³-hybridized carbons (Fsp3) is 0.520. The third-order valence-corrected chi connectivity index (χ3v) is 6.37. The molecule has 0 aliphatic carbocycles. The summed E-state index contributed by atoms with van der Waals surface area (Å²) in [7, 11) is 3.67. The normalized spacial score (nSPS) is 22.9. The molecule has 0 radical (unpaired) electrons. The smallest absolute Gasteiger partial charge is 0.105 e. The van der Waals surface area contributed by atoms with E-state index in [2.05, 4.69) is 80.3 Å². The molecular weight excluding hydrogens is 346 g/mol. The van der Waals surface area contributed by atoms with E-state index in [-0.39, 0.29) is 17.7 Å². The minimum Gasteiger partial charge on any atom is -0.375 e. The summed E-state index contributed by atoms with van der Waals surface area (Å²) in [6.07, 6.45) is 2.22. The monoisotopic (exact) mass is 381 g/mol. The first kappa shape index (κ1) is 21.0. The molecule has 152 valence electrons. The van der Waals surface area contributed by atoms with Gasteiger partial charge >= 0.3 is 0 Å². The maximum atomic E-state index is 6.12. The highest BCUT2D eigenvalue weighted by Gasteiger charge is 2.40. The van der Waals surface area contributed by atoms with Gasteiger partial charge in [0, 0.05) is 26.8 Å². The number of ether oxygens (including phenoxy) is 2. The second-order valence-electron chi connectivity index (χ2n) is 8.36. The predicted octanol–water partition coefficient (Wildman–Crippen LogP) is 5.52. The average molecular weight is 382 g/mol. The van der Waals surface area contributed by atoms with Crippen LogP contribution in [0.2, 0.25) is 0 Å². The van der Waals surface area contributed by atoms with E-state index in [4.69, 9.17) is 9.47 Å². The maximum Gasteiger partial charge on any atom is 0.105 e. The molecule has 3 atom stereocenters. The van der Waals surface area contributed by atoms with E-state index >= 15 is 0 Å². The molecule has 0 amide bonds. The number of hydrogen-bond donors (Lipinski definition) is 0. The number of hydrogen-bond acceptors (Lipinski definition) is 3. The van der Waals surface area contributed by atoms with Gasteiger partial charge in [-0.15, -0.1) is 0 Å². The van der Waals surface area contributed by atoms with Gasteiger partial charge in [0.15, 0.2) is 0 Å². The lowest BCUT2D eigenvalue weighted by atomic mass is 9.84. The summed E-state index contributed by atoms with van der Waals surface area (Å²) in [4.78, 5) is 2.53. The minimum absolute atomic E-state index is 0.0460. The van der Waals surface area contributed by atoms with Crippen molar-refractivity contribution >= 4 is 0 Å². The third-order valence-electron chi connectivity index (χ3n) is 6.37. The molecule has 0 spiro atoms. The second-order valence-corrected chi connectivity index (χ2v) is 8.36. The van der Waals surface area contributed by atoms with Crippen molar-refractivity contribution in [2.75, 3.05) is 27.3 Å². The number of rotatable bonds is 7. The molecule has 1 fully saturated rings. The predicted molar refractivity (Wildman–Crippen MR) is 116 cm³/mol. The van der Waals surface area contributed by atoms with Crippen molar-refractivity contribution in [3.05, 3.63) is 71.3 Å². The Balaban J connectivity index is 1.80. The number of methoxy groups -OCH3 is 2. The largest absolute Gasteiger partial charge is 0.375 e. The molecule has 0 bridgehead atoms. The highest BCUT2D eigenvalue weighted by atomic mass is 16.5. The Morgan fingerprint density at radius 3 is 2.11 bits per heavy atom. The van der Waals surface area contributed by atoms with Gasteiger partial charge in [-0.25, -0.2) is 0 Å². The Bertz CT molecular complexity index is 728. The molecule has 28 heavy (non-hydrogen) atoms. The molecule has 3 unspecified atom stereocenters. The molecule has 3 rings (SSSR count). The molecule has 0 saturated carbocycles. The molecule has 1 aliphatic rings. The summed E-state index contributed by atoms with van der Waals surface area (Å²) in [5, 5.41) is 0. The van der Waals surface area contributed by atoms with Crippen molar-refractivity contribution in [1.29, 1.82) is 0 Å². The lowest BCUT2D eigenvalue weighted by Gasteiger charge is -2.46. The SMILES string of the molecule is COC(c1ccc(C(C)C)cc1)C(C)N1CCCC(OC)(c2ccccc2)C1. The van der Waals surface area contributed by atoms with E-state index in [0.29, 0.717) is 5.92 Å². The zero-order valence-electron chi connectivity index (χ0n) is 18.0. The van der Waals surface area contributed by atoms with Crippen LogP contribution in [0.5, 0.6) is 0 Å². The van der Waals surface area contributed by atoms with E-state index in [9.17, 15) is 0 Å². The molecule has 0 N–H and O–H groups in total. The van der Waals surface area contributed by atoms with Crippen LogP contribution in [-0.2, 0) is 15.1 Å². The van der Waals surface area contributed by atoms with Gasteiger partial charge in [-0.2, -0.15) is 0 Å². The van der Waals surface area contributed by atoms with Crippen LogP contribution < -0.4 is 0 Å². The van der Waals surface area contributed by atoms with Crippen LogP contribution in [0.15, 0.2) is 54.6 Å². The molecule has 2 aromatic carbocycles. The van der Waals surface area contributed by atoms with Crippen LogP contribution in [0.25, 0.3) is 0 Å². The van der Waals surface area contributed by atoms with Crippen molar-refractivity contribution in [3.8, 4) is 0 Å². The van der Waals surface area contributed by atoms with Crippen LogP contribution in [-0.4, -0.2) is 38.3 Å². The van der Waals surface area contributed by atoms with Crippen molar-refractivity contribution < 1.29 is 9.47 Å². The fourth-order valence-corrected chi connectivity index (χ4v) is 4.54. The van der Waals surface area contributed by atoms with Gasteiger partial charge in [0.1, 0.15) is 5.60 Å². The summed E-state index contributed by atoms with van der Waals surface area (Å²) in [6.45, 7) is 8.70. The molecule has 1 heterocycles. The van der Waals surface area contributed by atoms with E-state index in [1.807, 2.05) is 14.2 Å². The molecule has 3 nitrogen and oxygen atoms in total. The quantitative estimate of drug-likeness (QED) is 0.630. The van der Waals surface area contributed by atoms with Crippen molar-refractivity contribution in [2.24, 2.45) is 0 Å². The van der Waals surface area contributed by atoms with Crippen molar-refractivity contribution in [3.63, 3.8) is 0 Å². The van der Waals surface area contributed by atoms with Gasteiger partial charge in [-0.3, -0.25) is 4.90 Å². The van der Waals surface area contributed by atoms with E-state index < -0.39 is 0 Å². The summed E-state index contributed by atoms with van der Waals surface area (Å²) in [6, 6.07) is 19.9. The Hall–Kier alpha value is -1.68.